The van der Waals surface area contributed by atoms with Crippen LogP contribution in [0, 0.1) is 6.92 Å². The topological polar surface area (TPSA) is 42.2 Å². The van der Waals surface area contributed by atoms with Gasteiger partial charge in [0.05, 0.1) is 6.04 Å². The maximum absolute atomic E-state index is 5.27. The molecule has 1 fully saturated rings. The smallest absolute Gasteiger partial charge is 0.133 e. The van der Waals surface area contributed by atoms with Crippen LogP contribution in [0.3, 0.4) is 0 Å². The Hall–Kier alpha value is -1.68. The van der Waals surface area contributed by atoms with Crippen molar-refractivity contribution in [2.75, 3.05) is 6.54 Å². The molecule has 1 unspecified atom stereocenters. The SMILES string of the molecule is Cc1cc(C2CCCCCN2Cc2cccnc2)no1. The fraction of sp³-hybridized carbons (Fsp3) is 0.500. The van der Waals surface area contributed by atoms with Gasteiger partial charge in [-0.1, -0.05) is 24.1 Å². The highest BCUT2D eigenvalue weighted by atomic mass is 16.5. The van der Waals surface area contributed by atoms with E-state index in [1.54, 1.807) is 0 Å². The van der Waals surface area contributed by atoms with Gasteiger partial charge in [0, 0.05) is 25.0 Å². The van der Waals surface area contributed by atoms with Crippen molar-refractivity contribution in [2.24, 2.45) is 0 Å². The summed E-state index contributed by atoms with van der Waals surface area (Å²) in [6.45, 7) is 4.01. The Bertz CT molecular complexity index is 538. The van der Waals surface area contributed by atoms with Crippen molar-refractivity contribution in [1.82, 2.24) is 15.0 Å². The van der Waals surface area contributed by atoms with Gasteiger partial charge in [-0.15, -0.1) is 0 Å². The van der Waals surface area contributed by atoms with E-state index in [2.05, 4.69) is 27.2 Å². The van der Waals surface area contributed by atoms with Crippen LogP contribution in [0.2, 0.25) is 0 Å². The molecule has 0 amide bonds. The number of hydrogen-bond acceptors (Lipinski definition) is 4. The fourth-order valence-electron chi connectivity index (χ4n) is 2.96. The molecule has 4 nitrogen and oxygen atoms in total. The lowest BCUT2D eigenvalue weighted by Gasteiger charge is -2.28. The molecule has 3 heterocycles. The molecule has 0 N–H and O–H groups in total. The number of likely N-dealkylation sites (tertiary alicyclic amines) is 1. The van der Waals surface area contributed by atoms with E-state index in [-0.39, 0.29) is 0 Å². The summed E-state index contributed by atoms with van der Waals surface area (Å²) in [5.41, 5.74) is 2.34. The molecule has 0 saturated carbocycles. The van der Waals surface area contributed by atoms with E-state index in [9.17, 15) is 0 Å². The Morgan fingerprint density at radius 3 is 3.05 bits per heavy atom. The Morgan fingerprint density at radius 2 is 2.30 bits per heavy atom. The second-order valence-corrected chi connectivity index (χ2v) is 5.56. The average molecular weight is 271 g/mol. The third kappa shape index (κ3) is 3.07. The van der Waals surface area contributed by atoms with Gasteiger partial charge >= 0.3 is 0 Å². The summed E-state index contributed by atoms with van der Waals surface area (Å²) in [4.78, 5) is 6.73. The molecule has 2 aromatic heterocycles. The van der Waals surface area contributed by atoms with Crippen LogP contribution in [0.1, 0.15) is 48.7 Å². The molecule has 106 valence electrons. The number of nitrogens with zero attached hydrogens (tertiary/aromatic N) is 3. The molecular formula is C16H21N3O. The number of aromatic nitrogens is 2. The highest BCUT2D eigenvalue weighted by molar-refractivity contribution is 5.12. The van der Waals surface area contributed by atoms with Gasteiger partial charge in [-0.2, -0.15) is 0 Å². The maximum atomic E-state index is 5.27. The summed E-state index contributed by atoms with van der Waals surface area (Å²) < 4.78 is 5.27. The van der Waals surface area contributed by atoms with Crippen molar-refractivity contribution in [1.29, 1.82) is 0 Å². The normalized spacial score (nSPS) is 20.8. The first kappa shape index (κ1) is 13.3. The van der Waals surface area contributed by atoms with Gasteiger partial charge in [-0.05, 0) is 37.9 Å². The third-order valence-corrected chi connectivity index (χ3v) is 3.96. The molecule has 0 bridgehead atoms. The zero-order valence-corrected chi connectivity index (χ0v) is 12.0. The van der Waals surface area contributed by atoms with Crippen molar-refractivity contribution in [2.45, 2.75) is 45.2 Å². The molecule has 0 spiro atoms. The van der Waals surface area contributed by atoms with Crippen molar-refractivity contribution < 1.29 is 4.52 Å². The fourth-order valence-corrected chi connectivity index (χ4v) is 2.96. The monoisotopic (exact) mass is 271 g/mol. The average Bonchev–Trinajstić information content (AvgIpc) is 2.76. The highest BCUT2D eigenvalue weighted by Crippen LogP contribution is 2.30. The molecule has 0 aliphatic carbocycles. The Balaban J connectivity index is 1.80. The van der Waals surface area contributed by atoms with Crippen LogP contribution in [-0.2, 0) is 6.54 Å². The summed E-state index contributed by atoms with van der Waals surface area (Å²) in [7, 11) is 0. The first-order valence-electron chi connectivity index (χ1n) is 7.39. The van der Waals surface area contributed by atoms with Gasteiger partial charge in [0.2, 0.25) is 0 Å². The molecule has 1 saturated heterocycles. The second kappa shape index (κ2) is 6.18. The molecule has 20 heavy (non-hydrogen) atoms. The minimum atomic E-state index is 0.371. The van der Waals surface area contributed by atoms with Gasteiger partial charge in [0.1, 0.15) is 11.5 Å². The lowest BCUT2D eigenvalue weighted by molar-refractivity contribution is 0.183. The molecular weight excluding hydrogens is 250 g/mol. The molecule has 3 rings (SSSR count). The lowest BCUT2D eigenvalue weighted by atomic mass is 10.1. The largest absolute Gasteiger partial charge is 0.361 e. The van der Waals surface area contributed by atoms with Crippen LogP contribution in [0.15, 0.2) is 35.1 Å². The summed E-state index contributed by atoms with van der Waals surface area (Å²) in [6, 6.07) is 6.59. The van der Waals surface area contributed by atoms with Crippen molar-refractivity contribution in [3.8, 4) is 0 Å². The molecule has 4 heteroatoms. The Kier molecular flexibility index (Phi) is 4.11. The summed E-state index contributed by atoms with van der Waals surface area (Å²) in [6.07, 6.45) is 8.76. The van der Waals surface area contributed by atoms with E-state index in [1.807, 2.05) is 25.4 Å². The predicted molar refractivity (Wildman–Crippen MR) is 77.1 cm³/mol. The number of aryl methyl sites for hydroxylation is 1. The molecule has 2 aromatic rings. The third-order valence-electron chi connectivity index (χ3n) is 3.96. The van der Waals surface area contributed by atoms with Crippen molar-refractivity contribution >= 4 is 0 Å². The molecule has 0 aromatic carbocycles. The van der Waals surface area contributed by atoms with Crippen LogP contribution >= 0.6 is 0 Å². The summed E-state index contributed by atoms with van der Waals surface area (Å²) >= 11 is 0. The van der Waals surface area contributed by atoms with E-state index >= 15 is 0 Å². The first-order chi connectivity index (χ1) is 9.83. The van der Waals surface area contributed by atoms with Crippen LogP contribution in [-0.4, -0.2) is 21.6 Å². The second-order valence-electron chi connectivity index (χ2n) is 5.56. The zero-order chi connectivity index (χ0) is 13.8. The van der Waals surface area contributed by atoms with Crippen molar-refractivity contribution in [3.63, 3.8) is 0 Å². The molecule has 1 aliphatic heterocycles. The van der Waals surface area contributed by atoms with E-state index in [1.165, 1.54) is 24.8 Å². The first-order valence-corrected chi connectivity index (χ1v) is 7.39. The van der Waals surface area contributed by atoms with Gasteiger partial charge in [-0.3, -0.25) is 9.88 Å². The lowest BCUT2D eigenvalue weighted by Crippen LogP contribution is -2.28. The standard InChI is InChI=1S/C16H21N3O/c1-13-10-15(18-20-13)16-7-3-2-4-9-19(16)12-14-6-5-8-17-11-14/h5-6,8,10-11,16H,2-4,7,9,12H2,1H3. The predicted octanol–water partition coefficient (Wildman–Crippen LogP) is 3.50. The maximum Gasteiger partial charge on any atom is 0.133 e. The molecule has 1 aliphatic rings. The zero-order valence-electron chi connectivity index (χ0n) is 12.0. The van der Waals surface area contributed by atoms with Crippen LogP contribution in [0.4, 0.5) is 0 Å². The summed E-state index contributed by atoms with van der Waals surface area (Å²) in [5, 5.41) is 4.24. The number of pyridine rings is 1. The summed E-state index contributed by atoms with van der Waals surface area (Å²) in [5.74, 6) is 0.894. The van der Waals surface area contributed by atoms with Crippen LogP contribution < -0.4 is 0 Å². The molecule has 1 atom stereocenters. The Morgan fingerprint density at radius 1 is 1.35 bits per heavy atom. The van der Waals surface area contributed by atoms with Gasteiger partial charge < -0.3 is 4.52 Å². The van der Waals surface area contributed by atoms with Crippen LogP contribution in [0.25, 0.3) is 0 Å². The van der Waals surface area contributed by atoms with E-state index in [0.717, 1.165) is 31.0 Å². The molecule has 0 radical (unpaired) electrons. The van der Waals surface area contributed by atoms with Gasteiger partial charge in [0.25, 0.3) is 0 Å². The van der Waals surface area contributed by atoms with E-state index < -0.39 is 0 Å². The number of hydrogen-bond donors (Lipinski definition) is 0. The number of rotatable bonds is 3. The minimum absolute atomic E-state index is 0.371. The van der Waals surface area contributed by atoms with Gasteiger partial charge in [0.15, 0.2) is 0 Å². The minimum Gasteiger partial charge on any atom is -0.361 e. The van der Waals surface area contributed by atoms with Gasteiger partial charge in [-0.25, -0.2) is 0 Å². The van der Waals surface area contributed by atoms with E-state index in [4.69, 9.17) is 4.52 Å². The van der Waals surface area contributed by atoms with Crippen molar-refractivity contribution in [3.05, 3.63) is 47.6 Å². The quantitative estimate of drug-likeness (QED) is 0.857. The van der Waals surface area contributed by atoms with Crippen LogP contribution in [0.5, 0.6) is 0 Å². The Labute approximate surface area is 119 Å². The van der Waals surface area contributed by atoms with E-state index in [0.29, 0.717) is 6.04 Å². The highest BCUT2D eigenvalue weighted by Gasteiger charge is 2.25.